The maximum absolute atomic E-state index is 13.0. The topological polar surface area (TPSA) is 60.7 Å². The highest BCUT2D eigenvalue weighted by molar-refractivity contribution is 5.97. The minimum atomic E-state index is -0.422. The summed E-state index contributed by atoms with van der Waals surface area (Å²) in [4.78, 5) is 11.9. The van der Waals surface area contributed by atoms with Crippen LogP contribution in [0, 0.1) is 5.82 Å². The molecule has 0 saturated carbocycles. The van der Waals surface area contributed by atoms with E-state index in [0.717, 1.165) is 6.42 Å². The second-order valence-electron chi connectivity index (χ2n) is 3.93. The first-order valence-electron chi connectivity index (χ1n) is 5.74. The number of halogens is 1. The van der Waals surface area contributed by atoms with E-state index in [1.54, 1.807) is 10.7 Å². The molecule has 94 valence electrons. The summed E-state index contributed by atoms with van der Waals surface area (Å²) in [6.45, 7) is 2.67. The van der Waals surface area contributed by atoms with Crippen LogP contribution < -0.4 is 0 Å². The van der Waals surface area contributed by atoms with Gasteiger partial charge in [0.2, 0.25) is 0 Å². The molecule has 2 rings (SSSR count). The van der Waals surface area contributed by atoms with Crippen molar-refractivity contribution in [2.45, 2.75) is 26.3 Å². The number of carbonyl (C=O) groups excluding carboxylic acids is 1. The number of aromatic nitrogens is 4. The van der Waals surface area contributed by atoms with Crippen molar-refractivity contribution in [2.24, 2.45) is 0 Å². The lowest BCUT2D eigenvalue weighted by Crippen LogP contribution is -2.11. The van der Waals surface area contributed by atoms with E-state index in [1.165, 1.54) is 18.2 Å². The van der Waals surface area contributed by atoms with Gasteiger partial charge in [-0.05, 0) is 29.0 Å². The smallest absolute Gasteiger partial charge is 0.170 e. The molecular weight excluding hydrogens is 235 g/mol. The summed E-state index contributed by atoms with van der Waals surface area (Å²) < 4.78 is 14.6. The number of Topliss-reactive ketones (excluding diaryl/α,β-unsaturated/α-hetero) is 1. The standard InChI is InChI=1S/C12H13FN4O/c1-2-6-17-12(14-15-16-17)8-11(18)9-4-3-5-10(13)7-9/h3-5,7H,2,6,8H2,1H3. The molecule has 0 aliphatic carbocycles. The highest BCUT2D eigenvalue weighted by Crippen LogP contribution is 2.07. The van der Waals surface area contributed by atoms with Crippen LogP contribution in [0.3, 0.4) is 0 Å². The van der Waals surface area contributed by atoms with E-state index in [0.29, 0.717) is 17.9 Å². The number of tetrazole rings is 1. The molecule has 0 N–H and O–H groups in total. The predicted molar refractivity (Wildman–Crippen MR) is 62.5 cm³/mol. The summed E-state index contributed by atoms with van der Waals surface area (Å²) in [5.74, 6) is -0.109. The van der Waals surface area contributed by atoms with E-state index < -0.39 is 5.82 Å². The fourth-order valence-corrected chi connectivity index (χ4v) is 1.64. The van der Waals surface area contributed by atoms with Gasteiger partial charge in [0.25, 0.3) is 0 Å². The van der Waals surface area contributed by atoms with E-state index in [4.69, 9.17) is 0 Å². The Balaban J connectivity index is 2.14. The summed E-state index contributed by atoms with van der Waals surface area (Å²) >= 11 is 0. The Hall–Kier alpha value is -2.11. The van der Waals surface area contributed by atoms with Gasteiger partial charge in [0.15, 0.2) is 11.6 Å². The number of rotatable bonds is 5. The van der Waals surface area contributed by atoms with E-state index in [-0.39, 0.29) is 12.2 Å². The quantitative estimate of drug-likeness (QED) is 0.755. The molecule has 18 heavy (non-hydrogen) atoms. The highest BCUT2D eigenvalue weighted by atomic mass is 19.1. The van der Waals surface area contributed by atoms with Crippen molar-refractivity contribution in [3.05, 3.63) is 41.5 Å². The van der Waals surface area contributed by atoms with Gasteiger partial charge in [-0.2, -0.15) is 0 Å². The average molecular weight is 248 g/mol. The molecule has 0 amide bonds. The fourth-order valence-electron chi connectivity index (χ4n) is 1.64. The summed E-state index contributed by atoms with van der Waals surface area (Å²) in [6.07, 6.45) is 0.961. The van der Waals surface area contributed by atoms with Crippen LogP contribution >= 0.6 is 0 Å². The van der Waals surface area contributed by atoms with E-state index in [9.17, 15) is 9.18 Å². The average Bonchev–Trinajstić information content (AvgIpc) is 2.77. The Bertz CT molecular complexity index is 553. The van der Waals surface area contributed by atoms with Gasteiger partial charge in [-0.25, -0.2) is 9.07 Å². The number of hydrogen-bond donors (Lipinski definition) is 0. The third-order valence-corrected chi connectivity index (χ3v) is 2.51. The first-order chi connectivity index (χ1) is 8.70. The van der Waals surface area contributed by atoms with Crippen LogP contribution in [0.15, 0.2) is 24.3 Å². The van der Waals surface area contributed by atoms with Crippen molar-refractivity contribution in [3.63, 3.8) is 0 Å². The maximum Gasteiger partial charge on any atom is 0.170 e. The number of hydrogen-bond acceptors (Lipinski definition) is 4. The molecule has 0 bridgehead atoms. The maximum atomic E-state index is 13.0. The predicted octanol–water partition coefficient (Wildman–Crippen LogP) is 1.65. The van der Waals surface area contributed by atoms with Gasteiger partial charge in [-0.3, -0.25) is 4.79 Å². The molecule has 1 aromatic heterocycles. The van der Waals surface area contributed by atoms with Gasteiger partial charge in [-0.15, -0.1) is 5.10 Å². The number of aryl methyl sites for hydroxylation is 1. The normalized spacial score (nSPS) is 10.6. The van der Waals surface area contributed by atoms with Crippen LogP contribution in [0.5, 0.6) is 0 Å². The van der Waals surface area contributed by atoms with Crippen molar-refractivity contribution in [3.8, 4) is 0 Å². The first-order valence-corrected chi connectivity index (χ1v) is 5.74. The molecule has 0 saturated heterocycles. The van der Waals surface area contributed by atoms with Crippen LogP contribution in [-0.2, 0) is 13.0 Å². The molecule has 5 nitrogen and oxygen atoms in total. The lowest BCUT2D eigenvalue weighted by Gasteiger charge is -2.02. The van der Waals surface area contributed by atoms with Gasteiger partial charge < -0.3 is 0 Å². The second kappa shape index (κ2) is 5.48. The Labute approximate surface area is 104 Å². The van der Waals surface area contributed by atoms with E-state index in [2.05, 4.69) is 15.5 Å². The van der Waals surface area contributed by atoms with Crippen LogP contribution in [-0.4, -0.2) is 26.0 Å². The molecule has 0 fully saturated rings. The van der Waals surface area contributed by atoms with Crippen molar-refractivity contribution in [1.82, 2.24) is 20.2 Å². The minimum absolute atomic E-state index is 0.0798. The zero-order valence-electron chi connectivity index (χ0n) is 10.0. The monoisotopic (exact) mass is 248 g/mol. The Morgan fingerprint density at radius 2 is 2.28 bits per heavy atom. The molecule has 0 radical (unpaired) electrons. The molecule has 0 aliphatic heterocycles. The second-order valence-corrected chi connectivity index (χ2v) is 3.93. The number of carbonyl (C=O) groups is 1. The third kappa shape index (κ3) is 2.77. The molecule has 6 heteroatoms. The van der Waals surface area contributed by atoms with Gasteiger partial charge in [-0.1, -0.05) is 19.1 Å². The first kappa shape index (κ1) is 12.3. The van der Waals surface area contributed by atoms with E-state index >= 15 is 0 Å². The van der Waals surface area contributed by atoms with Crippen LogP contribution in [0.4, 0.5) is 4.39 Å². The zero-order valence-corrected chi connectivity index (χ0v) is 10.0. The third-order valence-electron chi connectivity index (χ3n) is 2.51. The van der Waals surface area contributed by atoms with Crippen molar-refractivity contribution >= 4 is 5.78 Å². The SMILES string of the molecule is CCCn1nnnc1CC(=O)c1cccc(F)c1. The zero-order chi connectivity index (χ0) is 13.0. The van der Waals surface area contributed by atoms with Crippen molar-refractivity contribution in [1.29, 1.82) is 0 Å². The molecule has 0 aliphatic rings. The molecule has 0 atom stereocenters. The van der Waals surface area contributed by atoms with Gasteiger partial charge in [0.1, 0.15) is 5.82 Å². The lowest BCUT2D eigenvalue weighted by atomic mass is 10.1. The largest absolute Gasteiger partial charge is 0.294 e. The Morgan fingerprint density at radius 1 is 1.44 bits per heavy atom. The minimum Gasteiger partial charge on any atom is -0.294 e. The molecule has 2 aromatic rings. The number of benzene rings is 1. The summed E-state index contributed by atoms with van der Waals surface area (Å²) in [7, 11) is 0. The fraction of sp³-hybridized carbons (Fsp3) is 0.333. The summed E-state index contributed by atoms with van der Waals surface area (Å²) in [5, 5.41) is 11.2. The molecule has 1 heterocycles. The van der Waals surface area contributed by atoms with Crippen LogP contribution in [0.1, 0.15) is 29.5 Å². The van der Waals surface area contributed by atoms with Gasteiger partial charge >= 0.3 is 0 Å². The Kier molecular flexibility index (Phi) is 3.76. The molecule has 1 aromatic carbocycles. The van der Waals surface area contributed by atoms with Gasteiger partial charge in [0, 0.05) is 12.1 Å². The van der Waals surface area contributed by atoms with Crippen LogP contribution in [0.2, 0.25) is 0 Å². The molecular formula is C12H13FN4O. The van der Waals surface area contributed by atoms with E-state index in [1.807, 2.05) is 6.92 Å². The van der Waals surface area contributed by atoms with Crippen molar-refractivity contribution < 1.29 is 9.18 Å². The molecule has 0 spiro atoms. The highest BCUT2D eigenvalue weighted by Gasteiger charge is 2.13. The Morgan fingerprint density at radius 3 is 3.00 bits per heavy atom. The number of nitrogens with zero attached hydrogens (tertiary/aromatic N) is 4. The summed E-state index contributed by atoms with van der Waals surface area (Å²) in [6, 6.07) is 5.62. The number of ketones is 1. The van der Waals surface area contributed by atoms with Gasteiger partial charge in [0.05, 0.1) is 6.42 Å². The lowest BCUT2D eigenvalue weighted by molar-refractivity contribution is 0.0989. The van der Waals surface area contributed by atoms with Crippen LogP contribution in [0.25, 0.3) is 0 Å². The van der Waals surface area contributed by atoms with Crippen molar-refractivity contribution in [2.75, 3.05) is 0 Å². The molecule has 0 unspecified atom stereocenters. The summed E-state index contributed by atoms with van der Waals surface area (Å²) in [5.41, 5.74) is 0.334.